The molecule has 0 spiro atoms. The van der Waals surface area contributed by atoms with Crippen molar-refractivity contribution in [2.75, 3.05) is 26.7 Å². The molecular formula is C11H21NO4. The number of ketones is 1. The lowest BCUT2D eigenvalue weighted by molar-refractivity contribution is -0.145. The summed E-state index contributed by atoms with van der Waals surface area (Å²) in [6.45, 7) is 5.83. The number of Topliss-reactive ketones (excluding diaryl/α,β-unsaturated/α-hetero) is 1. The molecule has 0 amide bonds. The number of hydrogen-bond donors (Lipinski definition) is 1. The second-order valence-electron chi connectivity index (χ2n) is 4.51. The highest BCUT2D eigenvalue weighted by Crippen LogP contribution is 2.03. The van der Waals surface area contributed by atoms with Gasteiger partial charge in [0.2, 0.25) is 0 Å². The maximum absolute atomic E-state index is 11.4. The molecule has 0 fully saturated rings. The van der Waals surface area contributed by atoms with Crippen molar-refractivity contribution in [3.8, 4) is 0 Å². The van der Waals surface area contributed by atoms with Gasteiger partial charge in [-0.3, -0.25) is 14.5 Å². The molecule has 0 aliphatic carbocycles. The van der Waals surface area contributed by atoms with Crippen LogP contribution in [0.25, 0.3) is 0 Å². The van der Waals surface area contributed by atoms with Crippen LogP contribution in [0.15, 0.2) is 0 Å². The Kier molecular flexibility index (Phi) is 6.21. The fourth-order valence-corrected chi connectivity index (χ4v) is 1.45. The second kappa shape index (κ2) is 6.60. The highest BCUT2D eigenvalue weighted by molar-refractivity contribution is 5.96. The average molecular weight is 231 g/mol. The molecule has 0 bridgehead atoms. The molecular weight excluding hydrogens is 210 g/mol. The lowest BCUT2D eigenvalue weighted by atomic mass is 10.1. The van der Waals surface area contributed by atoms with Crippen LogP contribution in [0.5, 0.6) is 0 Å². The van der Waals surface area contributed by atoms with Gasteiger partial charge in [-0.25, -0.2) is 0 Å². The van der Waals surface area contributed by atoms with Crippen molar-refractivity contribution in [3.05, 3.63) is 0 Å². The molecule has 0 heterocycles. The highest BCUT2D eigenvalue weighted by atomic mass is 16.5. The van der Waals surface area contributed by atoms with E-state index in [1.807, 2.05) is 0 Å². The maximum atomic E-state index is 11.4. The standard InChI is InChI=1S/C11H21NO4/c1-5-16-10(14)6-9(13)7-12(4)8-11(2,3)15/h15H,5-8H2,1-4H3. The van der Waals surface area contributed by atoms with Crippen molar-refractivity contribution >= 4 is 11.8 Å². The van der Waals surface area contributed by atoms with Gasteiger partial charge in [0, 0.05) is 6.54 Å². The van der Waals surface area contributed by atoms with Crippen LogP contribution in [0.2, 0.25) is 0 Å². The molecule has 0 aromatic carbocycles. The predicted molar refractivity (Wildman–Crippen MR) is 60.1 cm³/mol. The Labute approximate surface area is 96.4 Å². The van der Waals surface area contributed by atoms with Gasteiger partial charge in [0.1, 0.15) is 6.42 Å². The number of nitrogens with zero attached hydrogens (tertiary/aromatic N) is 1. The van der Waals surface area contributed by atoms with Crippen molar-refractivity contribution in [2.45, 2.75) is 32.8 Å². The molecule has 0 saturated carbocycles. The lowest BCUT2D eigenvalue weighted by Crippen LogP contribution is -2.39. The number of carbonyl (C=O) groups excluding carboxylic acids is 2. The minimum atomic E-state index is -0.848. The van der Waals surface area contributed by atoms with Gasteiger partial charge < -0.3 is 9.84 Å². The first-order valence-corrected chi connectivity index (χ1v) is 5.33. The summed E-state index contributed by atoms with van der Waals surface area (Å²) in [5, 5.41) is 9.52. The molecule has 0 aliphatic rings. The van der Waals surface area contributed by atoms with Crippen molar-refractivity contribution in [3.63, 3.8) is 0 Å². The number of hydrogen-bond acceptors (Lipinski definition) is 5. The Hall–Kier alpha value is -0.940. The van der Waals surface area contributed by atoms with Gasteiger partial charge in [0.05, 0.1) is 18.8 Å². The summed E-state index contributed by atoms with van der Waals surface area (Å²) in [5.41, 5.74) is -0.848. The molecule has 0 atom stereocenters. The zero-order valence-electron chi connectivity index (χ0n) is 10.4. The van der Waals surface area contributed by atoms with Crippen LogP contribution in [0.4, 0.5) is 0 Å². The first kappa shape index (κ1) is 15.1. The van der Waals surface area contributed by atoms with Crippen LogP contribution in [0.1, 0.15) is 27.2 Å². The lowest BCUT2D eigenvalue weighted by Gasteiger charge is -2.24. The van der Waals surface area contributed by atoms with Crippen molar-refractivity contribution in [2.24, 2.45) is 0 Å². The third kappa shape index (κ3) is 8.38. The van der Waals surface area contributed by atoms with Gasteiger partial charge in [-0.1, -0.05) is 0 Å². The van der Waals surface area contributed by atoms with Gasteiger partial charge in [-0.2, -0.15) is 0 Å². The van der Waals surface area contributed by atoms with Crippen LogP contribution < -0.4 is 0 Å². The van der Waals surface area contributed by atoms with Gasteiger partial charge in [-0.15, -0.1) is 0 Å². The molecule has 0 aromatic heterocycles. The van der Waals surface area contributed by atoms with E-state index in [2.05, 4.69) is 4.74 Å². The smallest absolute Gasteiger partial charge is 0.313 e. The minimum absolute atomic E-state index is 0.142. The van der Waals surface area contributed by atoms with Crippen molar-refractivity contribution in [1.82, 2.24) is 4.90 Å². The van der Waals surface area contributed by atoms with Crippen molar-refractivity contribution in [1.29, 1.82) is 0 Å². The summed E-state index contributed by atoms with van der Waals surface area (Å²) < 4.78 is 4.67. The van der Waals surface area contributed by atoms with E-state index in [1.165, 1.54) is 0 Å². The molecule has 94 valence electrons. The quantitative estimate of drug-likeness (QED) is 0.501. The largest absolute Gasteiger partial charge is 0.466 e. The first-order chi connectivity index (χ1) is 7.24. The SMILES string of the molecule is CCOC(=O)CC(=O)CN(C)CC(C)(C)O. The molecule has 16 heavy (non-hydrogen) atoms. The van der Waals surface area contributed by atoms with Gasteiger partial charge in [0.15, 0.2) is 5.78 Å². The molecule has 5 heteroatoms. The van der Waals surface area contributed by atoms with E-state index in [0.717, 1.165) is 0 Å². The Balaban J connectivity index is 3.92. The Morgan fingerprint density at radius 1 is 1.38 bits per heavy atom. The predicted octanol–water partition coefficient (Wildman–Crippen LogP) is 0.211. The van der Waals surface area contributed by atoms with E-state index in [1.54, 1.807) is 32.7 Å². The minimum Gasteiger partial charge on any atom is -0.466 e. The average Bonchev–Trinajstić information content (AvgIpc) is 1.98. The van der Waals surface area contributed by atoms with E-state index >= 15 is 0 Å². The van der Waals surface area contributed by atoms with Crippen LogP contribution in [0.3, 0.4) is 0 Å². The van der Waals surface area contributed by atoms with E-state index < -0.39 is 11.6 Å². The summed E-state index contributed by atoms with van der Waals surface area (Å²) in [5.74, 6) is -0.700. The van der Waals surface area contributed by atoms with Crippen LogP contribution >= 0.6 is 0 Å². The molecule has 1 N–H and O–H groups in total. The molecule has 0 unspecified atom stereocenters. The fraction of sp³-hybridized carbons (Fsp3) is 0.818. The number of carbonyl (C=O) groups is 2. The van der Waals surface area contributed by atoms with Crippen LogP contribution in [-0.4, -0.2) is 54.1 Å². The molecule has 0 radical (unpaired) electrons. The Morgan fingerprint density at radius 3 is 2.38 bits per heavy atom. The number of aliphatic hydroxyl groups is 1. The molecule has 0 saturated heterocycles. The number of rotatable bonds is 7. The normalized spacial score (nSPS) is 11.6. The molecule has 0 rings (SSSR count). The van der Waals surface area contributed by atoms with Gasteiger partial charge in [-0.05, 0) is 27.8 Å². The van der Waals surface area contributed by atoms with E-state index in [9.17, 15) is 14.7 Å². The topological polar surface area (TPSA) is 66.8 Å². The number of esters is 1. The maximum Gasteiger partial charge on any atom is 0.313 e. The van der Waals surface area contributed by atoms with Gasteiger partial charge in [0.25, 0.3) is 0 Å². The van der Waals surface area contributed by atoms with E-state index in [0.29, 0.717) is 6.54 Å². The van der Waals surface area contributed by atoms with Crippen molar-refractivity contribution < 1.29 is 19.4 Å². The zero-order valence-corrected chi connectivity index (χ0v) is 10.4. The zero-order chi connectivity index (χ0) is 12.8. The molecule has 0 aliphatic heterocycles. The van der Waals surface area contributed by atoms with Crippen LogP contribution in [0, 0.1) is 0 Å². The molecule has 0 aromatic rings. The van der Waals surface area contributed by atoms with E-state index in [4.69, 9.17) is 0 Å². The summed E-state index contributed by atoms with van der Waals surface area (Å²) >= 11 is 0. The Morgan fingerprint density at radius 2 is 1.94 bits per heavy atom. The number of likely N-dealkylation sites (N-methyl/N-ethyl adjacent to an activating group) is 1. The highest BCUT2D eigenvalue weighted by Gasteiger charge is 2.18. The Bertz CT molecular complexity index is 245. The summed E-state index contributed by atoms with van der Waals surface area (Å²) in [6.07, 6.45) is -0.204. The summed E-state index contributed by atoms with van der Waals surface area (Å²) in [7, 11) is 1.72. The summed E-state index contributed by atoms with van der Waals surface area (Å²) in [4.78, 5) is 24.1. The first-order valence-electron chi connectivity index (χ1n) is 5.33. The van der Waals surface area contributed by atoms with Crippen LogP contribution in [-0.2, 0) is 14.3 Å². The monoisotopic (exact) mass is 231 g/mol. The molecule has 5 nitrogen and oxygen atoms in total. The second-order valence-corrected chi connectivity index (χ2v) is 4.51. The third-order valence-electron chi connectivity index (χ3n) is 1.75. The number of ether oxygens (including phenoxy) is 1. The summed E-state index contributed by atoms with van der Waals surface area (Å²) in [6, 6.07) is 0. The third-order valence-corrected chi connectivity index (χ3v) is 1.75. The van der Waals surface area contributed by atoms with E-state index in [-0.39, 0.29) is 25.4 Å². The fourth-order valence-electron chi connectivity index (χ4n) is 1.45. The van der Waals surface area contributed by atoms with Gasteiger partial charge >= 0.3 is 5.97 Å².